The molecule has 2 amide bonds. The van der Waals surface area contributed by atoms with Gasteiger partial charge in [-0.05, 0) is 72.7 Å². The molecule has 8 heteroatoms. The maximum atomic E-state index is 13.4. The number of nitrogens with zero attached hydrogens (tertiary/aromatic N) is 3. The van der Waals surface area contributed by atoms with E-state index in [9.17, 15) is 9.59 Å². The molecular weight excluding hydrogens is 543 g/mol. The molecule has 0 spiro atoms. The van der Waals surface area contributed by atoms with Crippen molar-refractivity contribution in [1.82, 2.24) is 15.1 Å². The highest BCUT2D eigenvalue weighted by Crippen LogP contribution is 2.28. The Morgan fingerprint density at radius 3 is 2.33 bits per heavy atom. The van der Waals surface area contributed by atoms with E-state index in [1.54, 1.807) is 12.1 Å². The number of anilines is 1. The van der Waals surface area contributed by atoms with Crippen molar-refractivity contribution in [2.24, 2.45) is 0 Å². The van der Waals surface area contributed by atoms with Crippen LogP contribution in [0.3, 0.4) is 0 Å². The Bertz CT molecular complexity index is 1350. The second-order valence-electron chi connectivity index (χ2n) is 10.9. The Hall–Kier alpha value is -3.06. The van der Waals surface area contributed by atoms with Gasteiger partial charge in [0.15, 0.2) is 0 Å². The van der Waals surface area contributed by atoms with Crippen LogP contribution in [0.4, 0.5) is 5.69 Å². The number of likely N-dealkylation sites (N-methyl/N-ethyl adjacent to an activating group) is 2. The summed E-state index contributed by atoms with van der Waals surface area (Å²) in [6.45, 7) is 2.21. The van der Waals surface area contributed by atoms with Crippen molar-refractivity contribution in [1.29, 1.82) is 0 Å². The van der Waals surface area contributed by atoms with Crippen LogP contribution in [0.1, 0.15) is 41.6 Å². The number of hydrogen-bond acceptors (Lipinski definition) is 4. The van der Waals surface area contributed by atoms with Crippen LogP contribution >= 0.6 is 23.2 Å². The first kappa shape index (κ1) is 28.5. The van der Waals surface area contributed by atoms with E-state index in [-0.39, 0.29) is 24.5 Å². The monoisotopic (exact) mass is 578 g/mol. The van der Waals surface area contributed by atoms with Crippen LogP contribution in [0.15, 0.2) is 66.7 Å². The number of halogens is 2. The van der Waals surface area contributed by atoms with E-state index >= 15 is 0 Å². The summed E-state index contributed by atoms with van der Waals surface area (Å²) in [7, 11) is 3.79. The highest BCUT2D eigenvalue weighted by molar-refractivity contribution is 6.42. The van der Waals surface area contributed by atoms with Crippen molar-refractivity contribution in [3.8, 4) is 11.1 Å². The average Bonchev–Trinajstić information content (AvgIpc) is 3.61. The minimum atomic E-state index is -0.0301. The fraction of sp³-hybridized carbons (Fsp3) is 0.375. The molecular formula is C32H36Cl2N4O2. The summed E-state index contributed by atoms with van der Waals surface area (Å²) in [6.07, 6.45) is 5.14. The van der Waals surface area contributed by atoms with Crippen LogP contribution < -0.4 is 10.2 Å². The van der Waals surface area contributed by atoms with Gasteiger partial charge in [0.1, 0.15) is 0 Å². The molecule has 1 saturated heterocycles. The topological polar surface area (TPSA) is 55.9 Å². The van der Waals surface area contributed by atoms with E-state index in [2.05, 4.69) is 34.5 Å². The normalized spacial score (nSPS) is 16.0. The molecule has 0 bridgehead atoms. The Labute approximate surface area is 246 Å². The van der Waals surface area contributed by atoms with E-state index in [1.807, 2.05) is 54.2 Å². The van der Waals surface area contributed by atoms with Gasteiger partial charge in [0.25, 0.3) is 5.91 Å². The lowest BCUT2D eigenvalue weighted by Crippen LogP contribution is -2.51. The minimum Gasteiger partial charge on any atom is -0.365 e. The third kappa shape index (κ3) is 6.98. The Kier molecular flexibility index (Phi) is 8.99. The van der Waals surface area contributed by atoms with E-state index in [4.69, 9.17) is 23.2 Å². The van der Waals surface area contributed by atoms with E-state index < -0.39 is 0 Å². The molecule has 2 aliphatic rings. The SMILES string of the molecule is CN(CC(=O)N(C)C(Cc1ccc(-c2cccc(C(=O)NC3CC3)c2)cc1)N1CCCC1)c1ccc(Cl)c(Cl)c1. The number of hydrogen-bond donors (Lipinski definition) is 1. The van der Waals surface area contributed by atoms with Gasteiger partial charge in [0.2, 0.25) is 5.91 Å². The molecule has 40 heavy (non-hydrogen) atoms. The van der Waals surface area contributed by atoms with Gasteiger partial charge in [0.05, 0.1) is 22.8 Å². The summed E-state index contributed by atoms with van der Waals surface area (Å²) >= 11 is 12.3. The first-order valence-corrected chi connectivity index (χ1v) is 14.7. The van der Waals surface area contributed by atoms with Gasteiger partial charge in [-0.3, -0.25) is 14.5 Å². The predicted octanol–water partition coefficient (Wildman–Crippen LogP) is 6.11. The molecule has 6 nitrogen and oxygen atoms in total. The second-order valence-corrected chi connectivity index (χ2v) is 11.7. The van der Waals surface area contributed by atoms with Gasteiger partial charge < -0.3 is 15.1 Å². The van der Waals surface area contributed by atoms with Crippen molar-refractivity contribution in [2.75, 3.05) is 38.6 Å². The lowest BCUT2D eigenvalue weighted by atomic mass is 10.00. The smallest absolute Gasteiger partial charge is 0.251 e. The number of carbonyl (C=O) groups is 2. The molecule has 210 valence electrons. The molecule has 5 rings (SSSR count). The summed E-state index contributed by atoms with van der Waals surface area (Å²) in [5.41, 5.74) is 4.78. The van der Waals surface area contributed by atoms with Gasteiger partial charge in [-0.1, -0.05) is 59.6 Å². The summed E-state index contributed by atoms with van der Waals surface area (Å²) in [5.74, 6) is 0.0373. The lowest BCUT2D eigenvalue weighted by Gasteiger charge is -2.36. The zero-order valence-electron chi connectivity index (χ0n) is 23.1. The highest BCUT2D eigenvalue weighted by Gasteiger charge is 2.29. The molecule has 1 saturated carbocycles. The standard InChI is InChI=1S/C32H36Cl2N4O2/c1-36(27-14-15-28(33)29(34)20-27)21-31(39)37(2)30(38-16-3-4-17-38)18-22-8-10-23(11-9-22)24-6-5-7-25(19-24)32(40)35-26-12-13-26/h5-11,14-15,19-20,26,30H,3-4,12-13,16-18,21H2,1-2H3,(H,35,40). The third-order valence-electron chi connectivity index (χ3n) is 7.86. The molecule has 3 aromatic carbocycles. The van der Waals surface area contributed by atoms with Crippen LogP contribution in [-0.4, -0.2) is 67.6 Å². The van der Waals surface area contributed by atoms with E-state index in [0.717, 1.165) is 62.0 Å². The number of benzene rings is 3. The Balaban J connectivity index is 1.27. The molecule has 1 aliphatic carbocycles. The maximum absolute atomic E-state index is 13.4. The van der Waals surface area contributed by atoms with Crippen molar-refractivity contribution >= 4 is 40.7 Å². The van der Waals surface area contributed by atoms with Crippen molar-refractivity contribution < 1.29 is 9.59 Å². The maximum Gasteiger partial charge on any atom is 0.251 e. The molecule has 1 aliphatic heterocycles. The molecule has 1 unspecified atom stereocenters. The van der Waals surface area contributed by atoms with E-state index in [0.29, 0.717) is 21.7 Å². The third-order valence-corrected chi connectivity index (χ3v) is 8.60. The lowest BCUT2D eigenvalue weighted by molar-refractivity contribution is -0.133. The van der Waals surface area contributed by atoms with Crippen molar-refractivity contribution in [3.63, 3.8) is 0 Å². The van der Waals surface area contributed by atoms with E-state index in [1.165, 1.54) is 5.56 Å². The highest BCUT2D eigenvalue weighted by atomic mass is 35.5. The molecule has 2 fully saturated rings. The van der Waals surface area contributed by atoms with Crippen molar-refractivity contribution in [3.05, 3.63) is 87.9 Å². The summed E-state index contributed by atoms with van der Waals surface area (Å²) in [4.78, 5) is 32.1. The second kappa shape index (κ2) is 12.6. The average molecular weight is 580 g/mol. The summed E-state index contributed by atoms with van der Waals surface area (Å²) < 4.78 is 0. The number of nitrogens with one attached hydrogen (secondary N) is 1. The molecule has 1 N–H and O–H groups in total. The number of carbonyl (C=O) groups excluding carboxylic acids is 2. The van der Waals surface area contributed by atoms with Gasteiger partial charge in [-0.25, -0.2) is 0 Å². The molecule has 3 aromatic rings. The van der Waals surface area contributed by atoms with Gasteiger partial charge in [0, 0.05) is 50.9 Å². The van der Waals surface area contributed by atoms with Gasteiger partial charge in [-0.15, -0.1) is 0 Å². The van der Waals surface area contributed by atoms with Crippen LogP contribution in [0.2, 0.25) is 10.0 Å². The fourth-order valence-electron chi connectivity index (χ4n) is 5.23. The zero-order valence-corrected chi connectivity index (χ0v) is 24.6. The van der Waals surface area contributed by atoms with Crippen molar-refractivity contribution in [2.45, 2.75) is 44.3 Å². The fourth-order valence-corrected chi connectivity index (χ4v) is 5.52. The largest absolute Gasteiger partial charge is 0.365 e. The van der Waals surface area contributed by atoms with Gasteiger partial charge in [-0.2, -0.15) is 0 Å². The molecule has 0 aromatic heterocycles. The predicted molar refractivity (Wildman–Crippen MR) is 163 cm³/mol. The molecule has 1 atom stereocenters. The summed E-state index contributed by atoms with van der Waals surface area (Å²) in [6, 6.07) is 22.0. The van der Waals surface area contributed by atoms with Crippen LogP contribution in [0.5, 0.6) is 0 Å². The summed E-state index contributed by atoms with van der Waals surface area (Å²) in [5, 5.41) is 4.03. The van der Waals surface area contributed by atoms with Gasteiger partial charge >= 0.3 is 0 Å². The minimum absolute atomic E-state index is 0.00747. The molecule has 1 heterocycles. The number of likely N-dealkylation sites (tertiary alicyclic amines) is 1. The molecule has 0 radical (unpaired) electrons. The van der Waals surface area contributed by atoms with Crippen LogP contribution in [-0.2, 0) is 11.2 Å². The Morgan fingerprint density at radius 2 is 1.65 bits per heavy atom. The van der Waals surface area contributed by atoms with Crippen LogP contribution in [0.25, 0.3) is 11.1 Å². The number of amides is 2. The quantitative estimate of drug-likeness (QED) is 0.315. The first-order chi connectivity index (χ1) is 19.3. The zero-order chi connectivity index (χ0) is 28.2. The number of rotatable bonds is 10. The van der Waals surface area contributed by atoms with Crippen LogP contribution in [0, 0.1) is 0 Å². The Morgan fingerprint density at radius 1 is 0.925 bits per heavy atom. The first-order valence-electron chi connectivity index (χ1n) is 13.9.